The van der Waals surface area contributed by atoms with Crippen LogP contribution in [0.15, 0.2) is 24.3 Å². The molecule has 0 saturated carbocycles. The molecule has 2 unspecified atom stereocenters. The van der Waals surface area contributed by atoms with Gasteiger partial charge in [-0.3, -0.25) is 9.59 Å². The van der Waals surface area contributed by atoms with E-state index < -0.39 is 0 Å². The topological polar surface area (TPSA) is 49.4 Å². The Morgan fingerprint density at radius 1 is 1.33 bits per heavy atom. The molecule has 0 bridgehead atoms. The molecule has 0 radical (unpaired) electrons. The molecule has 0 aromatic heterocycles. The molecule has 2 saturated heterocycles. The molecule has 5 heteroatoms. The molecular formula is C16H19ClN2O2. The van der Waals surface area contributed by atoms with Gasteiger partial charge in [-0.05, 0) is 30.4 Å². The number of fused-ring (bicyclic) bond motifs is 1. The van der Waals surface area contributed by atoms with Crippen molar-refractivity contribution in [1.82, 2.24) is 10.2 Å². The highest BCUT2D eigenvalue weighted by Gasteiger charge is 2.35. The number of carbonyl (C=O) groups is 2. The van der Waals surface area contributed by atoms with Crippen LogP contribution in [-0.4, -0.2) is 35.8 Å². The van der Waals surface area contributed by atoms with Crippen molar-refractivity contribution < 1.29 is 9.59 Å². The van der Waals surface area contributed by atoms with Crippen LogP contribution in [0, 0.1) is 5.92 Å². The Labute approximate surface area is 129 Å². The summed E-state index contributed by atoms with van der Waals surface area (Å²) in [5, 5.41) is 3.68. The highest BCUT2D eigenvalue weighted by Crippen LogP contribution is 2.26. The Hall–Kier alpha value is -1.55. The number of hydrogen-bond donors (Lipinski definition) is 1. The van der Waals surface area contributed by atoms with E-state index in [0.29, 0.717) is 30.3 Å². The summed E-state index contributed by atoms with van der Waals surface area (Å²) in [4.78, 5) is 25.8. The zero-order valence-corrected chi connectivity index (χ0v) is 12.6. The maximum absolute atomic E-state index is 12.4. The molecule has 1 N–H and O–H groups in total. The van der Waals surface area contributed by atoms with Crippen LogP contribution in [0.3, 0.4) is 0 Å². The Balaban J connectivity index is 1.62. The third-order valence-corrected chi connectivity index (χ3v) is 4.84. The fourth-order valence-electron chi connectivity index (χ4n) is 3.25. The monoisotopic (exact) mass is 306 g/mol. The van der Waals surface area contributed by atoms with Crippen molar-refractivity contribution in [3.63, 3.8) is 0 Å². The molecule has 2 aliphatic rings. The van der Waals surface area contributed by atoms with E-state index in [9.17, 15) is 9.59 Å². The molecule has 4 nitrogen and oxygen atoms in total. The molecule has 1 aromatic carbocycles. The highest BCUT2D eigenvalue weighted by atomic mass is 35.5. The standard InChI is InChI=1S/C16H19ClN2O2/c17-13-4-2-1-3-11(13)9-16(21)19-8-7-14-12(10-19)5-6-15(20)18-14/h1-4,12,14H,5-10H2,(H,18,20). The maximum atomic E-state index is 12.4. The van der Waals surface area contributed by atoms with Gasteiger partial charge in [-0.2, -0.15) is 0 Å². The van der Waals surface area contributed by atoms with Gasteiger partial charge >= 0.3 is 0 Å². The van der Waals surface area contributed by atoms with Gasteiger partial charge in [0.25, 0.3) is 0 Å². The van der Waals surface area contributed by atoms with Crippen molar-refractivity contribution in [2.45, 2.75) is 31.7 Å². The number of nitrogens with one attached hydrogen (secondary N) is 1. The predicted octanol–water partition coefficient (Wildman–Crippen LogP) is 2.01. The average molecular weight is 307 g/mol. The summed E-state index contributed by atoms with van der Waals surface area (Å²) in [5.41, 5.74) is 0.878. The Morgan fingerprint density at radius 2 is 2.14 bits per heavy atom. The number of carbonyl (C=O) groups excluding carboxylic acids is 2. The number of benzene rings is 1. The quantitative estimate of drug-likeness (QED) is 0.908. The number of amides is 2. The van der Waals surface area contributed by atoms with Gasteiger partial charge in [0, 0.05) is 30.6 Å². The van der Waals surface area contributed by atoms with E-state index in [0.717, 1.165) is 24.9 Å². The van der Waals surface area contributed by atoms with Crippen LogP contribution in [0.25, 0.3) is 0 Å². The minimum Gasteiger partial charge on any atom is -0.353 e. The Morgan fingerprint density at radius 3 is 2.95 bits per heavy atom. The molecule has 1 aromatic rings. The van der Waals surface area contributed by atoms with Crippen LogP contribution >= 0.6 is 11.6 Å². The average Bonchev–Trinajstić information content (AvgIpc) is 2.49. The van der Waals surface area contributed by atoms with Gasteiger partial charge in [0.05, 0.1) is 6.42 Å². The Kier molecular flexibility index (Phi) is 4.15. The van der Waals surface area contributed by atoms with E-state index in [1.807, 2.05) is 29.2 Å². The predicted molar refractivity (Wildman–Crippen MR) is 81.0 cm³/mol. The van der Waals surface area contributed by atoms with Crippen molar-refractivity contribution in [2.75, 3.05) is 13.1 Å². The second-order valence-electron chi connectivity index (χ2n) is 5.87. The third kappa shape index (κ3) is 3.21. The van der Waals surface area contributed by atoms with Gasteiger partial charge in [0.15, 0.2) is 0 Å². The zero-order chi connectivity index (χ0) is 14.8. The summed E-state index contributed by atoms with van der Waals surface area (Å²) < 4.78 is 0. The van der Waals surface area contributed by atoms with Gasteiger partial charge in [0.1, 0.15) is 0 Å². The molecule has 0 spiro atoms. The van der Waals surface area contributed by atoms with Crippen molar-refractivity contribution in [2.24, 2.45) is 5.92 Å². The molecule has 2 atom stereocenters. The van der Waals surface area contributed by atoms with Crippen LogP contribution < -0.4 is 5.32 Å². The molecule has 21 heavy (non-hydrogen) atoms. The van der Waals surface area contributed by atoms with E-state index in [-0.39, 0.29) is 17.9 Å². The fraction of sp³-hybridized carbons (Fsp3) is 0.500. The number of piperidine rings is 2. The van der Waals surface area contributed by atoms with E-state index in [4.69, 9.17) is 11.6 Å². The molecule has 3 rings (SSSR count). The first-order chi connectivity index (χ1) is 10.1. The minimum absolute atomic E-state index is 0.124. The first-order valence-electron chi connectivity index (χ1n) is 7.44. The van der Waals surface area contributed by atoms with Crippen LogP contribution in [0.4, 0.5) is 0 Å². The first-order valence-corrected chi connectivity index (χ1v) is 7.82. The normalized spacial score (nSPS) is 25.2. The van der Waals surface area contributed by atoms with Crippen molar-refractivity contribution in [3.8, 4) is 0 Å². The van der Waals surface area contributed by atoms with Gasteiger partial charge in [0.2, 0.25) is 11.8 Å². The summed E-state index contributed by atoms with van der Waals surface area (Å²) in [5.74, 6) is 0.664. The summed E-state index contributed by atoms with van der Waals surface area (Å²) in [6.45, 7) is 1.46. The lowest BCUT2D eigenvalue weighted by Crippen LogP contribution is -2.55. The third-order valence-electron chi connectivity index (χ3n) is 4.47. The SMILES string of the molecule is O=C1CCC2CN(C(=O)Cc3ccccc3Cl)CCC2N1. The van der Waals surface area contributed by atoms with Crippen LogP contribution in [0.1, 0.15) is 24.8 Å². The molecule has 2 fully saturated rings. The van der Waals surface area contributed by atoms with Gasteiger partial charge < -0.3 is 10.2 Å². The second kappa shape index (κ2) is 6.06. The number of rotatable bonds is 2. The van der Waals surface area contributed by atoms with Crippen molar-refractivity contribution in [3.05, 3.63) is 34.9 Å². The van der Waals surface area contributed by atoms with Crippen LogP contribution in [0.5, 0.6) is 0 Å². The molecule has 0 aliphatic carbocycles. The van der Waals surface area contributed by atoms with Crippen LogP contribution in [0.2, 0.25) is 5.02 Å². The summed E-state index contributed by atoms with van der Waals surface area (Å²) in [7, 11) is 0. The molecule has 2 heterocycles. The number of hydrogen-bond acceptors (Lipinski definition) is 2. The molecule has 2 aliphatic heterocycles. The van der Waals surface area contributed by atoms with E-state index in [2.05, 4.69) is 5.32 Å². The maximum Gasteiger partial charge on any atom is 0.227 e. The van der Waals surface area contributed by atoms with E-state index in [1.165, 1.54) is 0 Å². The molecule has 112 valence electrons. The number of likely N-dealkylation sites (tertiary alicyclic amines) is 1. The number of halogens is 1. The van der Waals surface area contributed by atoms with E-state index >= 15 is 0 Å². The summed E-state index contributed by atoms with van der Waals surface area (Å²) in [6.07, 6.45) is 2.66. The van der Waals surface area contributed by atoms with Gasteiger partial charge in [-0.25, -0.2) is 0 Å². The number of nitrogens with zero attached hydrogens (tertiary/aromatic N) is 1. The fourth-order valence-corrected chi connectivity index (χ4v) is 3.46. The summed E-state index contributed by atoms with van der Waals surface area (Å²) in [6, 6.07) is 7.72. The Bertz CT molecular complexity index is 561. The molecular weight excluding hydrogens is 288 g/mol. The first kappa shape index (κ1) is 14.4. The summed E-state index contributed by atoms with van der Waals surface area (Å²) >= 11 is 6.12. The lowest BCUT2D eigenvalue weighted by atomic mass is 9.85. The lowest BCUT2D eigenvalue weighted by molar-refractivity contribution is -0.134. The minimum atomic E-state index is 0.124. The lowest BCUT2D eigenvalue weighted by Gasteiger charge is -2.41. The second-order valence-corrected chi connectivity index (χ2v) is 6.28. The highest BCUT2D eigenvalue weighted by molar-refractivity contribution is 6.31. The largest absolute Gasteiger partial charge is 0.353 e. The van der Waals surface area contributed by atoms with Crippen molar-refractivity contribution in [1.29, 1.82) is 0 Å². The zero-order valence-electron chi connectivity index (χ0n) is 11.8. The van der Waals surface area contributed by atoms with E-state index in [1.54, 1.807) is 0 Å². The van der Waals surface area contributed by atoms with Gasteiger partial charge in [-0.15, -0.1) is 0 Å². The smallest absolute Gasteiger partial charge is 0.227 e. The van der Waals surface area contributed by atoms with Gasteiger partial charge in [-0.1, -0.05) is 29.8 Å². The van der Waals surface area contributed by atoms with Crippen LogP contribution in [-0.2, 0) is 16.0 Å². The van der Waals surface area contributed by atoms with Crippen molar-refractivity contribution >= 4 is 23.4 Å². The molecule has 2 amide bonds.